The van der Waals surface area contributed by atoms with E-state index in [1.165, 1.54) is 6.92 Å². The zero-order valence-corrected chi connectivity index (χ0v) is 14.1. The van der Waals surface area contributed by atoms with Gasteiger partial charge in [0.2, 0.25) is 0 Å². The number of esters is 1. The summed E-state index contributed by atoms with van der Waals surface area (Å²) in [6.45, 7) is 1.19. The van der Waals surface area contributed by atoms with Crippen LogP contribution in [0.1, 0.15) is 6.92 Å². The van der Waals surface area contributed by atoms with Gasteiger partial charge in [-0.2, -0.15) is 0 Å². The first-order valence-electron chi connectivity index (χ1n) is 5.18. The molecule has 0 aromatic rings. The molecule has 12 heteroatoms. The van der Waals surface area contributed by atoms with Crippen molar-refractivity contribution < 1.29 is 44.5 Å². The zero-order valence-electron chi connectivity index (χ0n) is 11.1. The average molecular weight is 456 g/mol. The molecule has 1 N–H and O–H groups in total. The van der Waals surface area contributed by atoms with E-state index in [2.05, 4.69) is 4.74 Å². The van der Waals surface area contributed by atoms with E-state index in [-0.39, 0.29) is 4.43 Å². The van der Waals surface area contributed by atoms with E-state index in [1.54, 1.807) is 9.86 Å². The third kappa shape index (κ3) is 5.81. The molecule has 5 nitrogen and oxygen atoms in total. The summed E-state index contributed by atoms with van der Waals surface area (Å²) >= 11 is -1.55. The van der Waals surface area contributed by atoms with E-state index in [9.17, 15) is 35.2 Å². The summed E-state index contributed by atoms with van der Waals surface area (Å²) in [6.07, 6.45) is -10.1. The Morgan fingerprint density at radius 1 is 1.24 bits per heavy atom. The number of hydrogen-bond donors (Lipinski definition) is 1. The van der Waals surface area contributed by atoms with Gasteiger partial charge in [0, 0.05) is 0 Å². The van der Waals surface area contributed by atoms with Gasteiger partial charge in [-0.25, -0.2) is 0 Å². The van der Waals surface area contributed by atoms with Gasteiger partial charge >= 0.3 is 125 Å². The van der Waals surface area contributed by atoms with Crippen molar-refractivity contribution >= 4 is 35.9 Å². The van der Waals surface area contributed by atoms with Crippen molar-refractivity contribution in [1.82, 2.24) is 0 Å². The fourth-order valence-corrected chi connectivity index (χ4v) is 4.67. The fraction of sp³-hybridized carbons (Fsp3) is 0.889. The molecule has 0 rings (SSSR count). The van der Waals surface area contributed by atoms with Crippen molar-refractivity contribution in [3.05, 3.63) is 0 Å². The molecule has 0 saturated heterocycles. The van der Waals surface area contributed by atoms with E-state index in [0.29, 0.717) is 0 Å². The van der Waals surface area contributed by atoms with Crippen LogP contribution in [0.2, 0.25) is 0 Å². The van der Waals surface area contributed by atoms with Gasteiger partial charge in [0.1, 0.15) is 0 Å². The Labute approximate surface area is 125 Å². The molecule has 0 radical (unpaired) electrons. The second kappa shape index (κ2) is 6.89. The molecule has 0 fully saturated rings. The van der Waals surface area contributed by atoms with E-state index >= 15 is 0 Å². The van der Waals surface area contributed by atoms with Gasteiger partial charge < -0.3 is 0 Å². The van der Waals surface area contributed by atoms with E-state index < -0.39 is 59.4 Å². The molecule has 0 aromatic carbocycles. The van der Waals surface area contributed by atoms with Gasteiger partial charge in [-0.1, -0.05) is 0 Å². The van der Waals surface area contributed by atoms with Gasteiger partial charge in [0.25, 0.3) is 0 Å². The molecule has 0 aliphatic rings. The van der Waals surface area contributed by atoms with Gasteiger partial charge in [-0.15, -0.1) is 0 Å². The Hall–Kier alpha value is -0.240. The van der Waals surface area contributed by atoms with Crippen LogP contribution in [0.4, 0.5) is 22.0 Å². The van der Waals surface area contributed by atoms with Crippen LogP contribution >= 0.6 is 19.8 Å². The summed E-state index contributed by atoms with van der Waals surface area (Å²) in [7, 11) is -6.40. The van der Waals surface area contributed by atoms with Crippen molar-refractivity contribution in [3.8, 4) is 0 Å². The third-order valence-electron chi connectivity index (χ3n) is 2.12. The predicted molar refractivity (Wildman–Crippen MR) is 72.3 cm³/mol. The fourth-order valence-electron chi connectivity index (χ4n) is 1.22. The predicted octanol–water partition coefficient (Wildman–Crippen LogP) is 2.34. The Kier molecular flexibility index (Phi) is 6.82. The summed E-state index contributed by atoms with van der Waals surface area (Å²) in [5.74, 6) is -2.67. The van der Waals surface area contributed by atoms with Crippen molar-refractivity contribution in [2.75, 3.05) is 14.3 Å². The van der Waals surface area contributed by atoms with Gasteiger partial charge in [-0.3, -0.25) is 0 Å². The SMILES string of the molecule is CC(CI(C)C)C(=O)OC(C(F)(F)F)C(F)(F)S(=O)(=O)O. The first-order chi connectivity index (χ1) is 9.10. The number of alkyl halides is 8. The van der Waals surface area contributed by atoms with Crippen LogP contribution < -0.4 is 0 Å². The molecule has 0 aliphatic heterocycles. The molecule has 128 valence electrons. The zero-order chi connectivity index (χ0) is 17.2. The van der Waals surface area contributed by atoms with Crippen molar-refractivity contribution in [2.45, 2.75) is 24.5 Å². The third-order valence-corrected chi connectivity index (χ3v) is 6.11. The molecule has 0 heterocycles. The number of carbonyl (C=O) groups excluding carboxylic acids is 1. The summed E-state index contributed by atoms with van der Waals surface area (Å²) in [5, 5.41) is -5.68. The van der Waals surface area contributed by atoms with Crippen LogP contribution in [0.5, 0.6) is 0 Å². The minimum absolute atomic E-state index is 0.213. The minimum atomic E-state index is -6.40. The topological polar surface area (TPSA) is 80.7 Å². The van der Waals surface area contributed by atoms with Crippen LogP contribution in [0, 0.1) is 5.92 Å². The molecule has 0 aliphatic carbocycles. The molecule has 0 saturated carbocycles. The number of rotatable bonds is 6. The molecule has 0 bridgehead atoms. The summed E-state index contributed by atoms with van der Waals surface area (Å²) < 4.78 is 96.7. The second-order valence-electron chi connectivity index (χ2n) is 4.36. The molecule has 21 heavy (non-hydrogen) atoms. The maximum absolute atomic E-state index is 13.2. The van der Waals surface area contributed by atoms with Crippen molar-refractivity contribution in [1.29, 1.82) is 0 Å². The van der Waals surface area contributed by atoms with Crippen molar-refractivity contribution in [2.24, 2.45) is 5.92 Å². The Morgan fingerprint density at radius 2 is 1.67 bits per heavy atom. The molecule has 0 amide bonds. The normalized spacial score (nSPS) is 17.1. The summed E-state index contributed by atoms with van der Waals surface area (Å²) in [4.78, 5) is 15.0. The van der Waals surface area contributed by atoms with Crippen LogP contribution in [0.15, 0.2) is 0 Å². The number of halogens is 6. The van der Waals surface area contributed by atoms with Crippen LogP contribution in [0.3, 0.4) is 0 Å². The quantitative estimate of drug-likeness (QED) is 0.218. The van der Waals surface area contributed by atoms with Crippen LogP contribution in [0.25, 0.3) is 0 Å². The molecule has 2 unspecified atom stereocenters. The van der Waals surface area contributed by atoms with Gasteiger partial charge in [0.05, 0.1) is 0 Å². The van der Waals surface area contributed by atoms with Crippen LogP contribution in [-0.2, 0) is 19.6 Å². The summed E-state index contributed by atoms with van der Waals surface area (Å²) in [5.41, 5.74) is 0. The molecule has 0 spiro atoms. The number of carbonyl (C=O) groups is 1. The van der Waals surface area contributed by atoms with Crippen LogP contribution in [-0.4, -0.2) is 50.8 Å². The number of hydrogen-bond acceptors (Lipinski definition) is 4. The molecule has 0 aromatic heterocycles. The first kappa shape index (κ1) is 20.8. The monoisotopic (exact) mass is 456 g/mol. The first-order valence-corrected chi connectivity index (χ1v) is 12.5. The van der Waals surface area contributed by atoms with E-state index in [1.807, 2.05) is 0 Å². The standard InChI is InChI=1S/C9H14F5IO5S/c1-5(4-15(2)3)6(16)20-7(8(10,11)12)9(13,14)21(17,18)19/h5,7H,4H2,1-3H3,(H,17,18,19). The summed E-state index contributed by atoms with van der Waals surface area (Å²) in [6, 6.07) is 0. The molecular formula is C9H14F5IO5S. The molecule has 2 atom stereocenters. The average Bonchev–Trinajstić information content (AvgIpc) is 2.20. The maximum atomic E-state index is 13.2. The number of ether oxygens (including phenoxy) is 1. The van der Waals surface area contributed by atoms with Gasteiger partial charge in [0.15, 0.2) is 0 Å². The Bertz CT molecular complexity index is 475. The second-order valence-corrected chi connectivity index (χ2v) is 11.9. The Balaban J connectivity index is 5.37. The van der Waals surface area contributed by atoms with Gasteiger partial charge in [-0.05, 0) is 0 Å². The molecular weight excluding hydrogens is 442 g/mol. The van der Waals surface area contributed by atoms with Crippen molar-refractivity contribution in [3.63, 3.8) is 0 Å². The van der Waals surface area contributed by atoms with E-state index in [0.717, 1.165) is 0 Å². The Morgan fingerprint density at radius 3 is 1.95 bits per heavy atom. The van der Waals surface area contributed by atoms with E-state index in [4.69, 9.17) is 4.55 Å².